The summed E-state index contributed by atoms with van der Waals surface area (Å²) < 4.78 is 0. The van der Waals surface area contributed by atoms with Gasteiger partial charge in [0, 0.05) is 25.7 Å². The highest BCUT2D eigenvalue weighted by Gasteiger charge is 2.39. The quantitative estimate of drug-likeness (QED) is 0.425. The van der Waals surface area contributed by atoms with Crippen LogP contribution in [0, 0.1) is 0 Å². The van der Waals surface area contributed by atoms with E-state index in [0.29, 0.717) is 31.6 Å². The maximum absolute atomic E-state index is 13.3. The lowest BCUT2D eigenvalue weighted by Gasteiger charge is -2.28. The maximum Gasteiger partial charge on any atom is 0.318 e. The van der Waals surface area contributed by atoms with Gasteiger partial charge < -0.3 is 31.2 Å². The number of primary amides is 1. The Labute approximate surface area is 190 Å². The van der Waals surface area contributed by atoms with Gasteiger partial charge in [-0.3, -0.25) is 14.4 Å². The smallest absolute Gasteiger partial charge is 0.318 e. The molecule has 0 unspecified atom stereocenters. The maximum atomic E-state index is 13.3. The van der Waals surface area contributed by atoms with Crippen LogP contribution in [-0.4, -0.2) is 74.7 Å². The van der Waals surface area contributed by atoms with Crippen molar-refractivity contribution in [3.8, 4) is 0 Å². The molecule has 4 rings (SSSR count). The van der Waals surface area contributed by atoms with E-state index >= 15 is 0 Å². The van der Waals surface area contributed by atoms with Crippen LogP contribution in [-0.2, 0) is 27.3 Å². The molecular formula is C22H27N7O4. The number of nitrogens with two attached hydrogens (primary N) is 1. The van der Waals surface area contributed by atoms with Crippen LogP contribution in [0.4, 0.5) is 4.79 Å². The number of nitrogens with one attached hydrogen (secondary N) is 3. The van der Waals surface area contributed by atoms with Gasteiger partial charge in [-0.25, -0.2) is 9.78 Å². The Balaban J connectivity index is 1.44. The average molecular weight is 454 g/mol. The van der Waals surface area contributed by atoms with Crippen molar-refractivity contribution in [2.75, 3.05) is 13.1 Å². The summed E-state index contributed by atoms with van der Waals surface area (Å²) >= 11 is 0. The number of carbonyl (C=O) groups excluding carboxylic acids is 4. The second-order valence-electron chi connectivity index (χ2n) is 8.29. The highest BCUT2D eigenvalue weighted by molar-refractivity contribution is 5.95. The number of hydrogen-bond donors (Lipinski definition) is 4. The molecule has 3 heterocycles. The predicted molar refractivity (Wildman–Crippen MR) is 117 cm³/mol. The molecule has 1 aromatic carbocycles. The Bertz CT molecular complexity index is 1010. The Morgan fingerprint density at radius 1 is 1.24 bits per heavy atom. The monoisotopic (exact) mass is 453 g/mol. The number of nitrogens with zero attached hydrogens (tertiary/aromatic N) is 3. The zero-order valence-corrected chi connectivity index (χ0v) is 18.1. The van der Waals surface area contributed by atoms with Crippen LogP contribution < -0.4 is 16.4 Å². The van der Waals surface area contributed by atoms with Crippen molar-refractivity contribution >= 4 is 23.8 Å². The van der Waals surface area contributed by atoms with E-state index in [9.17, 15) is 19.2 Å². The van der Waals surface area contributed by atoms with Crippen molar-refractivity contribution in [2.24, 2.45) is 5.73 Å². The van der Waals surface area contributed by atoms with Crippen molar-refractivity contribution in [3.05, 3.63) is 54.1 Å². The summed E-state index contributed by atoms with van der Waals surface area (Å²) in [7, 11) is 0. The Hall–Kier alpha value is -3.89. The van der Waals surface area contributed by atoms with Gasteiger partial charge in [-0.15, -0.1) is 0 Å². The number of imidazole rings is 1. The van der Waals surface area contributed by atoms with Crippen LogP contribution in [0.15, 0.2) is 42.9 Å². The predicted octanol–water partition coefficient (Wildman–Crippen LogP) is -0.493. The van der Waals surface area contributed by atoms with Crippen molar-refractivity contribution in [1.82, 2.24) is 30.4 Å². The number of likely N-dealkylation sites (tertiary alicyclic amines) is 1. The molecule has 5 N–H and O–H groups in total. The first kappa shape index (κ1) is 22.3. The molecule has 11 heteroatoms. The van der Waals surface area contributed by atoms with Gasteiger partial charge in [0.05, 0.1) is 18.6 Å². The summed E-state index contributed by atoms with van der Waals surface area (Å²) in [6.07, 6.45) is 4.43. The molecular weight excluding hydrogens is 426 g/mol. The zero-order chi connectivity index (χ0) is 23.4. The molecule has 3 atom stereocenters. The lowest BCUT2D eigenvalue weighted by atomic mass is 10.1. The molecule has 174 valence electrons. The number of benzene rings is 1. The number of rotatable bonds is 8. The molecule has 2 fully saturated rings. The van der Waals surface area contributed by atoms with E-state index in [2.05, 4.69) is 20.6 Å². The molecule has 2 saturated heterocycles. The van der Waals surface area contributed by atoms with Gasteiger partial charge >= 0.3 is 6.03 Å². The number of hydrogen-bond acceptors (Lipinski definition) is 5. The SMILES string of the molecule is NC(=O)[C@@H]1CCCN1C(=O)[C@H](Cc1c[nH]cn1)NC(=O)[C@@H]1CN(Cc2ccccc2)C(=O)N1. The number of urea groups is 1. The van der Waals surface area contributed by atoms with Crippen LogP contribution >= 0.6 is 0 Å². The largest absolute Gasteiger partial charge is 0.368 e. The molecule has 0 aliphatic carbocycles. The average Bonchev–Trinajstić information content (AvgIpc) is 3.55. The van der Waals surface area contributed by atoms with Crippen LogP contribution in [0.5, 0.6) is 0 Å². The van der Waals surface area contributed by atoms with E-state index in [1.807, 2.05) is 30.3 Å². The second-order valence-corrected chi connectivity index (χ2v) is 8.29. The molecule has 33 heavy (non-hydrogen) atoms. The summed E-state index contributed by atoms with van der Waals surface area (Å²) in [5.74, 6) is -1.42. The van der Waals surface area contributed by atoms with Gasteiger partial charge in [-0.05, 0) is 18.4 Å². The van der Waals surface area contributed by atoms with Gasteiger partial charge in [-0.2, -0.15) is 0 Å². The van der Waals surface area contributed by atoms with Crippen LogP contribution in [0.25, 0.3) is 0 Å². The minimum atomic E-state index is -0.944. The first-order chi connectivity index (χ1) is 15.9. The Morgan fingerprint density at radius 2 is 2.03 bits per heavy atom. The summed E-state index contributed by atoms with van der Waals surface area (Å²) in [5, 5.41) is 5.44. The normalized spacial score (nSPS) is 21.0. The van der Waals surface area contributed by atoms with Crippen molar-refractivity contribution in [3.63, 3.8) is 0 Å². The lowest BCUT2D eigenvalue weighted by Crippen LogP contribution is -2.56. The summed E-state index contributed by atoms with van der Waals surface area (Å²) in [4.78, 5) is 60.4. The molecule has 2 aliphatic heterocycles. The van der Waals surface area contributed by atoms with E-state index in [1.54, 1.807) is 11.1 Å². The highest BCUT2D eigenvalue weighted by atomic mass is 16.2. The third kappa shape index (κ3) is 5.13. The highest BCUT2D eigenvalue weighted by Crippen LogP contribution is 2.19. The molecule has 11 nitrogen and oxygen atoms in total. The van der Waals surface area contributed by atoms with Gasteiger partial charge in [0.2, 0.25) is 17.7 Å². The number of H-pyrrole nitrogens is 1. The molecule has 0 saturated carbocycles. The van der Waals surface area contributed by atoms with Crippen LogP contribution in [0.2, 0.25) is 0 Å². The first-order valence-electron chi connectivity index (χ1n) is 10.9. The number of amides is 5. The summed E-state index contributed by atoms with van der Waals surface area (Å²) in [6, 6.07) is 6.69. The van der Waals surface area contributed by atoms with Crippen molar-refractivity contribution < 1.29 is 19.2 Å². The summed E-state index contributed by atoms with van der Waals surface area (Å²) in [5.41, 5.74) is 7.00. The molecule has 0 spiro atoms. The van der Waals surface area contributed by atoms with E-state index in [4.69, 9.17) is 5.73 Å². The Morgan fingerprint density at radius 3 is 2.73 bits per heavy atom. The van der Waals surface area contributed by atoms with E-state index in [1.165, 1.54) is 11.2 Å². The van der Waals surface area contributed by atoms with Gasteiger partial charge in [0.15, 0.2) is 0 Å². The standard InChI is InChI=1S/C22H27N7O4/c23-19(30)18-7-4-8-29(18)21(32)16(9-15-10-24-13-25-15)26-20(31)17-12-28(22(33)27-17)11-14-5-2-1-3-6-14/h1-3,5-6,10,13,16-18H,4,7-9,11-12H2,(H2,23,30)(H,24,25)(H,26,31)(H,27,33)/t16-,17-,18-/m0/s1. The van der Waals surface area contributed by atoms with Crippen molar-refractivity contribution in [2.45, 2.75) is 43.9 Å². The topological polar surface area (TPSA) is 154 Å². The van der Waals surface area contributed by atoms with Gasteiger partial charge in [0.25, 0.3) is 0 Å². The lowest BCUT2D eigenvalue weighted by molar-refractivity contribution is -0.140. The minimum absolute atomic E-state index is 0.143. The molecule has 5 amide bonds. The van der Waals surface area contributed by atoms with Crippen LogP contribution in [0.1, 0.15) is 24.1 Å². The molecule has 1 aromatic heterocycles. The van der Waals surface area contributed by atoms with Gasteiger partial charge in [0.1, 0.15) is 18.1 Å². The molecule has 2 aliphatic rings. The first-order valence-corrected chi connectivity index (χ1v) is 10.9. The molecule has 2 aromatic rings. The molecule has 0 bridgehead atoms. The third-order valence-corrected chi connectivity index (χ3v) is 5.97. The fraction of sp³-hybridized carbons (Fsp3) is 0.409. The van der Waals surface area contributed by atoms with Crippen LogP contribution in [0.3, 0.4) is 0 Å². The zero-order valence-electron chi connectivity index (χ0n) is 18.1. The van der Waals surface area contributed by atoms with E-state index in [0.717, 1.165) is 5.56 Å². The number of aromatic nitrogens is 2. The molecule has 0 radical (unpaired) electrons. The minimum Gasteiger partial charge on any atom is -0.368 e. The van der Waals surface area contributed by atoms with E-state index in [-0.39, 0.29) is 19.0 Å². The number of aromatic amines is 1. The van der Waals surface area contributed by atoms with E-state index < -0.39 is 35.8 Å². The van der Waals surface area contributed by atoms with Crippen molar-refractivity contribution in [1.29, 1.82) is 0 Å². The Kier molecular flexibility index (Phi) is 6.57. The summed E-state index contributed by atoms with van der Waals surface area (Å²) in [6.45, 7) is 0.945. The third-order valence-electron chi connectivity index (χ3n) is 5.97. The second kappa shape index (κ2) is 9.72. The number of carbonyl (C=O) groups is 4. The fourth-order valence-corrected chi connectivity index (χ4v) is 4.29. The fourth-order valence-electron chi connectivity index (χ4n) is 4.29. The van der Waals surface area contributed by atoms with Gasteiger partial charge in [-0.1, -0.05) is 30.3 Å².